The summed E-state index contributed by atoms with van der Waals surface area (Å²) in [6.45, 7) is 4.16. The first-order chi connectivity index (χ1) is 8.58. The molecule has 1 aromatic rings. The molecule has 0 radical (unpaired) electrons. The van der Waals surface area contributed by atoms with Crippen molar-refractivity contribution in [3.05, 3.63) is 28.2 Å². The molecule has 0 aliphatic heterocycles. The van der Waals surface area contributed by atoms with Crippen molar-refractivity contribution in [1.82, 2.24) is 0 Å². The molecule has 1 aromatic carbocycles. The summed E-state index contributed by atoms with van der Waals surface area (Å²) in [5, 5.41) is 4.19. The van der Waals surface area contributed by atoms with Crippen molar-refractivity contribution in [2.24, 2.45) is 0 Å². The summed E-state index contributed by atoms with van der Waals surface area (Å²) in [6.07, 6.45) is 1.55. The van der Waals surface area contributed by atoms with Crippen LogP contribution >= 0.6 is 23.2 Å². The average molecular weight is 290 g/mol. The van der Waals surface area contributed by atoms with Gasteiger partial charge in [-0.15, -0.1) is 0 Å². The summed E-state index contributed by atoms with van der Waals surface area (Å²) in [5.41, 5.74) is 0.649. The van der Waals surface area contributed by atoms with Gasteiger partial charge in [-0.3, -0.25) is 0 Å². The van der Waals surface area contributed by atoms with Crippen LogP contribution in [0.2, 0.25) is 10.0 Å². The molecule has 100 valence electrons. The quantitative estimate of drug-likeness (QED) is 0.800. The SMILES string of the molecule is CCCC(Nc1cc(Cl)ccc1Cl)C(=O)OCC. The molecule has 0 aliphatic rings. The molecule has 0 saturated carbocycles. The maximum absolute atomic E-state index is 11.8. The zero-order valence-corrected chi connectivity index (χ0v) is 12.0. The van der Waals surface area contributed by atoms with Gasteiger partial charge in [-0.05, 0) is 31.5 Å². The minimum Gasteiger partial charge on any atom is -0.464 e. The van der Waals surface area contributed by atoms with Crippen LogP contribution in [0.1, 0.15) is 26.7 Å². The molecule has 1 rings (SSSR count). The van der Waals surface area contributed by atoms with E-state index < -0.39 is 6.04 Å². The zero-order chi connectivity index (χ0) is 13.5. The first kappa shape index (κ1) is 15.1. The number of hydrogen-bond acceptors (Lipinski definition) is 3. The van der Waals surface area contributed by atoms with E-state index >= 15 is 0 Å². The Morgan fingerprint density at radius 2 is 2.11 bits per heavy atom. The lowest BCUT2D eigenvalue weighted by atomic mass is 10.1. The highest BCUT2D eigenvalue weighted by Crippen LogP contribution is 2.26. The van der Waals surface area contributed by atoms with Crippen molar-refractivity contribution in [3.63, 3.8) is 0 Å². The molecule has 5 heteroatoms. The fourth-order valence-corrected chi connectivity index (χ4v) is 1.92. The summed E-state index contributed by atoms with van der Waals surface area (Å²) in [5.74, 6) is -0.268. The van der Waals surface area contributed by atoms with E-state index in [1.54, 1.807) is 25.1 Å². The molecule has 1 N–H and O–H groups in total. The van der Waals surface area contributed by atoms with Crippen LogP contribution in [0.15, 0.2) is 18.2 Å². The van der Waals surface area contributed by atoms with Gasteiger partial charge in [0.1, 0.15) is 6.04 Å². The van der Waals surface area contributed by atoms with E-state index in [2.05, 4.69) is 5.32 Å². The lowest BCUT2D eigenvalue weighted by Crippen LogP contribution is -2.31. The Labute approximate surface area is 117 Å². The summed E-state index contributed by atoms with van der Waals surface area (Å²) in [7, 11) is 0. The second-order valence-corrected chi connectivity index (χ2v) is 4.71. The summed E-state index contributed by atoms with van der Waals surface area (Å²) >= 11 is 12.0. The topological polar surface area (TPSA) is 38.3 Å². The van der Waals surface area contributed by atoms with Crippen LogP contribution in [0, 0.1) is 0 Å². The molecule has 0 aliphatic carbocycles. The molecular weight excluding hydrogens is 273 g/mol. The highest BCUT2D eigenvalue weighted by Gasteiger charge is 2.19. The van der Waals surface area contributed by atoms with Crippen LogP contribution in [-0.4, -0.2) is 18.6 Å². The summed E-state index contributed by atoms with van der Waals surface area (Å²) < 4.78 is 5.02. The van der Waals surface area contributed by atoms with E-state index in [0.29, 0.717) is 28.8 Å². The van der Waals surface area contributed by atoms with Crippen molar-refractivity contribution < 1.29 is 9.53 Å². The molecule has 3 nitrogen and oxygen atoms in total. The highest BCUT2D eigenvalue weighted by atomic mass is 35.5. The average Bonchev–Trinajstić information content (AvgIpc) is 2.33. The first-order valence-electron chi connectivity index (χ1n) is 5.96. The minimum absolute atomic E-state index is 0.268. The van der Waals surface area contributed by atoms with Crippen molar-refractivity contribution in [3.8, 4) is 0 Å². The number of ether oxygens (including phenoxy) is 1. The molecule has 1 atom stereocenters. The van der Waals surface area contributed by atoms with Crippen molar-refractivity contribution in [2.45, 2.75) is 32.7 Å². The monoisotopic (exact) mass is 289 g/mol. The maximum Gasteiger partial charge on any atom is 0.328 e. The lowest BCUT2D eigenvalue weighted by Gasteiger charge is -2.18. The van der Waals surface area contributed by atoms with Crippen molar-refractivity contribution in [2.75, 3.05) is 11.9 Å². The molecule has 0 fully saturated rings. The number of hydrogen-bond donors (Lipinski definition) is 1. The Kier molecular flexibility index (Phi) is 6.30. The van der Waals surface area contributed by atoms with E-state index in [0.717, 1.165) is 6.42 Å². The first-order valence-corrected chi connectivity index (χ1v) is 6.72. The third-order valence-corrected chi connectivity index (χ3v) is 2.97. The Hall–Kier alpha value is -0.930. The number of carbonyl (C=O) groups is 1. The number of halogens is 2. The van der Waals surface area contributed by atoms with Gasteiger partial charge in [0.25, 0.3) is 0 Å². The fraction of sp³-hybridized carbons (Fsp3) is 0.462. The number of esters is 1. The van der Waals surface area contributed by atoms with Gasteiger partial charge in [-0.25, -0.2) is 4.79 Å². The molecule has 0 aromatic heterocycles. The minimum atomic E-state index is -0.397. The van der Waals surface area contributed by atoms with Gasteiger partial charge in [0, 0.05) is 5.02 Å². The van der Waals surface area contributed by atoms with Gasteiger partial charge in [-0.2, -0.15) is 0 Å². The zero-order valence-electron chi connectivity index (χ0n) is 10.5. The molecule has 0 bridgehead atoms. The normalized spacial score (nSPS) is 12.0. The van der Waals surface area contributed by atoms with Gasteiger partial charge in [0.15, 0.2) is 0 Å². The Morgan fingerprint density at radius 3 is 2.72 bits per heavy atom. The van der Waals surface area contributed by atoms with Crippen LogP contribution in [0.4, 0.5) is 5.69 Å². The predicted octanol–water partition coefficient (Wildman–Crippen LogP) is 4.14. The van der Waals surface area contributed by atoms with Crippen LogP contribution in [0.25, 0.3) is 0 Å². The van der Waals surface area contributed by atoms with Gasteiger partial charge in [-0.1, -0.05) is 36.5 Å². The Bertz CT molecular complexity index is 410. The lowest BCUT2D eigenvalue weighted by molar-refractivity contribution is -0.144. The summed E-state index contributed by atoms with van der Waals surface area (Å²) in [4.78, 5) is 11.8. The maximum atomic E-state index is 11.8. The van der Waals surface area contributed by atoms with E-state index in [-0.39, 0.29) is 5.97 Å². The third kappa shape index (κ3) is 4.39. The van der Waals surface area contributed by atoms with Crippen LogP contribution in [0.3, 0.4) is 0 Å². The van der Waals surface area contributed by atoms with E-state index in [9.17, 15) is 4.79 Å². The molecule has 0 spiro atoms. The van der Waals surface area contributed by atoms with E-state index in [4.69, 9.17) is 27.9 Å². The number of benzene rings is 1. The largest absolute Gasteiger partial charge is 0.464 e. The number of nitrogens with one attached hydrogen (secondary N) is 1. The number of anilines is 1. The molecule has 1 unspecified atom stereocenters. The highest BCUT2D eigenvalue weighted by molar-refractivity contribution is 6.35. The summed E-state index contributed by atoms with van der Waals surface area (Å²) in [6, 6.07) is 4.70. The van der Waals surface area contributed by atoms with Gasteiger partial charge >= 0.3 is 5.97 Å². The molecule has 0 heterocycles. The van der Waals surface area contributed by atoms with E-state index in [1.807, 2.05) is 6.92 Å². The van der Waals surface area contributed by atoms with Crippen molar-refractivity contribution >= 4 is 34.9 Å². The molecular formula is C13H17Cl2NO2. The van der Waals surface area contributed by atoms with Gasteiger partial charge < -0.3 is 10.1 Å². The van der Waals surface area contributed by atoms with Crippen LogP contribution in [-0.2, 0) is 9.53 Å². The third-order valence-electron chi connectivity index (χ3n) is 2.41. The Balaban J connectivity index is 2.82. The van der Waals surface area contributed by atoms with Gasteiger partial charge in [0.05, 0.1) is 17.3 Å². The fourth-order valence-electron chi connectivity index (χ4n) is 1.58. The number of rotatable bonds is 6. The standard InChI is InChI=1S/C13H17Cl2NO2/c1-3-5-11(13(17)18-4-2)16-12-8-9(14)6-7-10(12)15/h6-8,11,16H,3-5H2,1-2H3. The van der Waals surface area contributed by atoms with Crippen LogP contribution < -0.4 is 5.32 Å². The molecule has 18 heavy (non-hydrogen) atoms. The number of carbonyl (C=O) groups excluding carboxylic acids is 1. The van der Waals surface area contributed by atoms with Gasteiger partial charge in [0.2, 0.25) is 0 Å². The molecule has 0 amide bonds. The van der Waals surface area contributed by atoms with Crippen LogP contribution in [0.5, 0.6) is 0 Å². The smallest absolute Gasteiger partial charge is 0.328 e. The molecule has 0 saturated heterocycles. The second kappa shape index (κ2) is 7.49. The van der Waals surface area contributed by atoms with Crippen molar-refractivity contribution in [1.29, 1.82) is 0 Å². The van der Waals surface area contributed by atoms with E-state index in [1.165, 1.54) is 0 Å². The second-order valence-electron chi connectivity index (χ2n) is 3.86. The Morgan fingerprint density at radius 1 is 1.39 bits per heavy atom. The predicted molar refractivity (Wildman–Crippen MR) is 75.4 cm³/mol.